The second-order valence-corrected chi connectivity index (χ2v) is 5.22. The molecule has 0 bridgehead atoms. The Balaban J connectivity index is 1.84. The zero-order valence-corrected chi connectivity index (χ0v) is 12.4. The Morgan fingerprint density at radius 1 is 0.944 bits per heavy atom. The second kappa shape index (κ2) is 6.75. The molecule has 0 N–H and O–H groups in total. The zero-order chi connectivity index (χ0) is 12.8. The van der Waals surface area contributed by atoms with Gasteiger partial charge in [-0.05, 0) is 58.0 Å². The predicted molar refractivity (Wildman–Crippen MR) is 80.6 cm³/mol. The molecule has 3 heteroatoms. The van der Waals surface area contributed by atoms with Gasteiger partial charge >= 0.3 is 0 Å². The van der Waals surface area contributed by atoms with E-state index in [1.165, 1.54) is 9.13 Å². The first kappa shape index (κ1) is 13.4. The molecule has 0 aromatic heterocycles. The van der Waals surface area contributed by atoms with Crippen LogP contribution < -0.4 is 4.74 Å². The molecule has 2 aromatic carbocycles. The van der Waals surface area contributed by atoms with Crippen LogP contribution in [-0.4, -0.2) is 7.11 Å². The average Bonchev–Trinajstić information content (AvgIpc) is 2.40. The molecule has 0 saturated carbocycles. The second-order valence-electron chi connectivity index (χ2n) is 3.97. The van der Waals surface area contributed by atoms with E-state index in [1.807, 2.05) is 30.3 Å². The normalized spacial score (nSPS) is 10.3. The van der Waals surface area contributed by atoms with E-state index in [0.29, 0.717) is 13.2 Å². The van der Waals surface area contributed by atoms with Crippen molar-refractivity contribution in [3.05, 3.63) is 63.2 Å². The Morgan fingerprint density at radius 3 is 2.33 bits per heavy atom. The molecule has 94 valence electrons. The third-order valence-electron chi connectivity index (χ3n) is 2.59. The molecule has 0 saturated heterocycles. The molecule has 2 nitrogen and oxygen atoms in total. The summed E-state index contributed by atoms with van der Waals surface area (Å²) in [5.74, 6) is 0.872. The molecule has 0 radical (unpaired) electrons. The highest BCUT2D eigenvalue weighted by molar-refractivity contribution is 14.1. The van der Waals surface area contributed by atoms with Gasteiger partial charge in [0.05, 0.1) is 20.3 Å². The van der Waals surface area contributed by atoms with Crippen molar-refractivity contribution in [3.63, 3.8) is 0 Å². The summed E-state index contributed by atoms with van der Waals surface area (Å²) in [7, 11) is 1.67. The molecular formula is C15H15IO2. The van der Waals surface area contributed by atoms with Crippen LogP contribution in [0.1, 0.15) is 11.1 Å². The summed E-state index contributed by atoms with van der Waals surface area (Å²) in [6.07, 6.45) is 0. The van der Waals surface area contributed by atoms with Crippen molar-refractivity contribution in [1.82, 2.24) is 0 Å². The summed E-state index contributed by atoms with van der Waals surface area (Å²) in [6, 6.07) is 16.3. The molecule has 0 heterocycles. The molecule has 2 rings (SSSR count). The van der Waals surface area contributed by atoms with E-state index in [9.17, 15) is 0 Å². The van der Waals surface area contributed by atoms with Crippen molar-refractivity contribution in [2.24, 2.45) is 0 Å². The Kier molecular flexibility index (Phi) is 5.01. The van der Waals surface area contributed by atoms with Gasteiger partial charge in [-0.3, -0.25) is 0 Å². The van der Waals surface area contributed by atoms with Crippen molar-refractivity contribution >= 4 is 22.6 Å². The first-order valence-corrected chi connectivity index (χ1v) is 6.81. The van der Waals surface area contributed by atoms with Crippen LogP contribution in [-0.2, 0) is 18.0 Å². The fraction of sp³-hybridized carbons (Fsp3) is 0.200. The zero-order valence-electron chi connectivity index (χ0n) is 10.2. The standard InChI is InChI=1S/C15H15IO2/c1-17-15-7-5-12(6-8-15)10-18-11-13-3-2-4-14(16)9-13/h2-9H,10-11H2,1H3. The maximum Gasteiger partial charge on any atom is 0.118 e. The largest absolute Gasteiger partial charge is 0.497 e. The highest BCUT2D eigenvalue weighted by Gasteiger charge is 1.97. The lowest BCUT2D eigenvalue weighted by Gasteiger charge is -2.06. The predicted octanol–water partition coefficient (Wildman–Crippen LogP) is 4.02. The Bertz CT molecular complexity index is 494. The van der Waals surface area contributed by atoms with Gasteiger partial charge in [0.1, 0.15) is 5.75 Å². The Labute approximate surface area is 121 Å². The van der Waals surface area contributed by atoms with E-state index in [1.54, 1.807) is 7.11 Å². The molecule has 0 fully saturated rings. The van der Waals surface area contributed by atoms with Gasteiger partial charge < -0.3 is 9.47 Å². The maximum absolute atomic E-state index is 5.69. The summed E-state index contributed by atoms with van der Waals surface area (Å²) < 4.78 is 12.0. The molecule has 0 aliphatic heterocycles. The first-order valence-electron chi connectivity index (χ1n) is 5.73. The highest BCUT2D eigenvalue weighted by atomic mass is 127. The van der Waals surface area contributed by atoms with Crippen LogP contribution in [0.4, 0.5) is 0 Å². The van der Waals surface area contributed by atoms with Gasteiger partial charge in [-0.25, -0.2) is 0 Å². The number of hydrogen-bond acceptors (Lipinski definition) is 2. The van der Waals surface area contributed by atoms with Gasteiger partial charge in [0.15, 0.2) is 0 Å². The van der Waals surface area contributed by atoms with E-state index in [0.717, 1.165) is 11.3 Å². The summed E-state index contributed by atoms with van der Waals surface area (Å²) >= 11 is 2.31. The van der Waals surface area contributed by atoms with Gasteiger partial charge in [-0.2, -0.15) is 0 Å². The van der Waals surface area contributed by atoms with Crippen LogP contribution in [0.5, 0.6) is 5.75 Å². The SMILES string of the molecule is COc1ccc(COCc2cccc(I)c2)cc1. The molecule has 0 aliphatic rings. The van der Waals surface area contributed by atoms with Crippen molar-refractivity contribution in [2.75, 3.05) is 7.11 Å². The van der Waals surface area contributed by atoms with Crippen molar-refractivity contribution < 1.29 is 9.47 Å². The topological polar surface area (TPSA) is 18.5 Å². The van der Waals surface area contributed by atoms with Gasteiger partial charge in [-0.1, -0.05) is 24.3 Å². The van der Waals surface area contributed by atoms with Gasteiger partial charge in [0, 0.05) is 3.57 Å². The Hall–Kier alpha value is -1.07. The lowest BCUT2D eigenvalue weighted by Crippen LogP contribution is -1.94. The molecular weight excluding hydrogens is 339 g/mol. The first-order chi connectivity index (χ1) is 8.78. The summed E-state index contributed by atoms with van der Waals surface area (Å²) in [6.45, 7) is 1.26. The molecule has 0 aliphatic carbocycles. The van der Waals surface area contributed by atoms with Gasteiger partial charge in [-0.15, -0.1) is 0 Å². The van der Waals surface area contributed by atoms with E-state index >= 15 is 0 Å². The third kappa shape index (κ3) is 3.99. The van der Waals surface area contributed by atoms with Crippen LogP contribution >= 0.6 is 22.6 Å². The monoisotopic (exact) mass is 354 g/mol. The maximum atomic E-state index is 5.69. The summed E-state index contributed by atoms with van der Waals surface area (Å²) in [4.78, 5) is 0. The van der Waals surface area contributed by atoms with Crippen LogP contribution in [0.2, 0.25) is 0 Å². The minimum absolute atomic E-state index is 0.621. The van der Waals surface area contributed by atoms with Crippen molar-refractivity contribution in [2.45, 2.75) is 13.2 Å². The van der Waals surface area contributed by atoms with Gasteiger partial charge in [0.2, 0.25) is 0 Å². The minimum Gasteiger partial charge on any atom is -0.497 e. The van der Waals surface area contributed by atoms with Crippen LogP contribution in [0, 0.1) is 3.57 Å². The van der Waals surface area contributed by atoms with E-state index in [4.69, 9.17) is 9.47 Å². The van der Waals surface area contributed by atoms with Crippen molar-refractivity contribution in [1.29, 1.82) is 0 Å². The Morgan fingerprint density at radius 2 is 1.67 bits per heavy atom. The molecule has 2 aromatic rings. The fourth-order valence-electron chi connectivity index (χ4n) is 1.64. The molecule has 0 unspecified atom stereocenters. The number of halogens is 1. The van der Waals surface area contributed by atoms with Gasteiger partial charge in [0.25, 0.3) is 0 Å². The number of hydrogen-bond donors (Lipinski definition) is 0. The van der Waals surface area contributed by atoms with E-state index < -0.39 is 0 Å². The minimum atomic E-state index is 0.621. The van der Waals surface area contributed by atoms with E-state index in [2.05, 4.69) is 40.8 Å². The van der Waals surface area contributed by atoms with Crippen LogP contribution in [0.3, 0.4) is 0 Å². The molecule has 0 spiro atoms. The van der Waals surface area contributed by atoms with Crippen LogP contribution in [0.15, 0.2) is 48.5 Å². The lowest BCUT2D eigenvalue weighted by atomic mass is 10.2. The lowest BCUT2D eigenvalue weighted by molar-refractivity contribution is 0.107. The number of ether oxygens (including phenoxy) is 2. The molecule has 0 amide bonds. The quantitative estimate of drug-likeness (QED) is 0.756. The smallest absolute Gasteiger partial charge is 0.118 e. The average molecular weight is 354 g/mol. The van der Waals surface area contributed by atoms with Crippen molar-refractivity contribution in [3.8, 4) is 5.75 Å². The highest BCUT2D eigenvalue weighted by Crippen LogP contribution is 2.13. The summed E-state index contributed by atoms with van der Waals surface area (Å²) in [5.41, 5.74) is 2.36. The molecule has 0 atom stereocenters. The molecule has 18 heavy (non-hydrogen) atoms. The van der Waals surface area contributed by atoms with Crippen LogP contribution in [0.25, 0.3) is 0 Å². The number of benzene rings is 2. The third-order valence-corrected chi connectivity index (χ3v) is 3.26. The van der Waals surface area contributed by atoms with E-state index in [-0.39, 0.29) is 0 Å². The number of rotatable bonds is 5. The summed E-state index contributed by atoms with van der Waals surface area (Å²) in [5, 5.41) is 0. The number of methoxy groups -OCH3 is 1. The fourth-order valence-corrected chi connectivity index (χ4v) is 2.24.